The Hall–Kier alpha value is -1.87. The Morgan fingerprint density at radius 1 is 1.35 bits per heavy atom. The molecule has 128 valence electrons. The normalized spacial score (nSPS) is 17.9. The smallest absolute Gasteiger partial charge is 0.389 e. The third-order valence-electron chi connectivity index (χ3n) is 3.87. The highest BCUT2D eigenvalue weighted by molar-refractivity contribution is 5.44. The van der Waals surface area contributed by atoms with Crippen LogP contribution in [0.5, 0.6) is 5.75 Å². The van der Waals surface area contributed by atoms with Gasteiger partial charge in [0.05, 0.1) is 4.92 Å². The highest BCUT2D eigenvalue weighted by Crippen LogP contribution is 2.37. The highest BCUT2D eigenvalue weighted by atomic mass is 19.4. The third kappa shape index (κ3) is 4.80. The monoisotopic (exact) mass is 333 g/mol. The fourth-order valence-electron chi connectivity index (χ4n) is 2.75. The number of nitro benzene ring substituents is 1. The number of nitro groups is 1. The first kappa shape index (κ1) is 17.5. The molecule has 1 aromatic rings. The predicted octanol–water partition coefficient (Wildman–Crippen LogP) is 2.59. The third-order valence-corrected chi connectivity index (χ3v) is 3.87. The molecule has 0 saturated carbocycles. The van der Waals surface area contributed by atoms with Crippen LogP contribution < -0.4 is 5.32 Å². The maximum Gasteiger partial charge on any atom is 0.389 e. The number of benzene rings is 1. The maximum atomic E-state index is 12.6. The summed E-state index contributed by atoms with van der Waals surface area (Å²) in [6.07, 6.45) is -5.58. The van der Waals surface area contributed by atoms with E-state index >= 15 is 0 Å². The van der Waals surface area contributed by atoms with Crippen LogP contribution in [0.3, 0.4) is 0 Å². The Morgan fingerprint density at radius 3 is 2.57 bits per heavy atom. The maximum absolute atomic E-state index is 12.6. The molecule has 0 aliphatic carbocycles. The molecule has 0 radical (unpaired) electrons. The molecule has 0 amide bonds. The number of piperazine rings is 1. The van der Waals surface area contributed by atoms with Crippen molar-refractivity contribution in [1.82, 2.24) is 10.2 Å². The number of halogens is 3. The minimum absolute atomic E-state index is 0.172. The van der Waals surface area contributed by atoms with Crippen LogP contribution in [0.4, 0.5) is 18.9 Å². The van der Waals surface area contributed by atoms with Crippen molar-refractivity contribution >= 4 is 5.69 Å². The number of non-ortho nitro benzene ring substituents is 1. The number of rotatable bonds is 5. The van der Waals surface area contributed by atoms with Crippen molar-refractivity contribution in [2.24, 2.45) is 0 Å². The number of phenols is 1. The van der Waals surface area contributed by atoms with Gasteiger partial charge in [-0.3, -0.25) is 15.0 Å². The summed E-state index contributed by atoms with van der Waals surface area (Å²) in [5, 5.41) is 24.0. The number of nitrogens with one attached hydrogen (secondary N) is 1. The van der Waals surface area contributed by atoms with E-state index in [1.54, 1.807) is 0 Å². The molecule has 1 fully saturated rings. The summed E-state index contributed by atoms with van der Waals surface area (Å²) in [7, 11) is 0. The molecule has 1 heterocycles. The van der Waals surface area contributed by atoms with E-state index in [1.165, 1.54) is 6.07 Å². The number of aromatic hydroxyl groups is 1. The predicted molar refractivity (Wildman–Crippen MR) is 77.2 cm³/mol. The molecule has 2 rings (SSSR count). The van der Waals surface area contributed by atoms with Crippen LogP contribution in [0, 0.1) is 10.1 Å². The van der Waals surface area contributed by atoms with Crippen LogP contribution in [0.1, 0.15) is 24.4 Å². The fourth-order valence-corrected chi connectivity index (χ4v) is 2.75. The standard InChI is InChI=1S/C14H18F3N3O3/c15-14(16,17)4-3-12(19-7-5-18-6-8-19)11-9-10(20(22)23)1-2-13(11)21/h1-2,9,12,18,21H,3-8H2/t12-/m0/s1. The molecule has 2 N–H and O–H groups in total. The van der Waals surface area contributed by atoms with Gasteiger partial charge < -0.3 is 10.4 Å². The molecule has 23 heavy (non-hydrogen) atoms. The number of nitrogens with zero attached hydrogens (tertiary/aromatic N) is 2. The molecular weight excluding hydrogens is 315 g/mol. The lowest BCUT2D eigenvalue weighted by molar-refractivity contribution is -0.385. The fraction of sp³-hybridized carbons (Fsp3) is 0.571. The van der Waals surface area contributed by atoms with Crippen molar-refractivity contribution in [3.63, 3.8) is 0 Å². The number of alkyl halides is 3. The second-order valence-corrected chi connectivity index (χ2v) is 5.46. The van der Waals surface area contributed by atoms with Crippen LogP contribution in [0.15, 0.2) is 18.2 Å². The van der Waals surface area contributed by atoms with Crippen LogP contribution in [-0.4, -0.2) is 47.3 Å². The first-order valence-electron chi connectivity index (χ1n) is 7.27. The van der Waals surface area contributed by atoms with E-state index in [0.717, 1.165) is 12.1 Å². The first-order chi connectivity index (χ1) is 10.8. The Bertz CT molecular complexity index is 560. The zero-order valence-corrected chi connectivity index (χ0v) is 12.3. The van der Waals surface area contributed by atoms with Crippen molar-refractivity contribution in [3.8, 4) is 5.75 Å². The lowest BCUT2D eigenvalue weighted by Gasteiger charge is -2.35. The molecule has 1 saturated heterocycles. The number of hydrogen-bond donors (Lipinski definition) is 2. The zero-order chi connectivity index (χ0) is 17.0. The van der Waals surface area contributed by atoms with Crippen LogP contribution >= 0.6 is 0 Å². The van der Waals surface area contributed by atoms with E-state index in [9.17, 15) is 28.4 Å². The van der Waals surface area contributed by atoms with E-state index in [-0.39, 0.29) is 23.4 Å². The van der Waals surface area contributed by atoms with Crippen molar-refractivity contribution in [1.29, 1.82) is 0 Å². The van der Waals surface area contributed by atoms with Gasteiger partial charge in [0.1, 0.15) is 5.75 Å². The van der Waals surface area contributed by atoms with Crippen LogP contribution in [0.25, 0.3) is 0 Å². The summed E-state index contributed by atoms with van der Waals surface area (Å²) < 4.78 is 37.8. The molecule has 1 atom stereocenters. The molecular formula is C14H18F3N3O3. The Morgan fingerprint density at radius 2 is 2.00 bits per heavy atom. The second kappa shape index (κ2) is 7.14. The van der Waals surface area contributed by atoms with Gasteiger partial charge in [-0.05, 0) is 12.5 Å². The molecule has 0 bridgehead atoms. The molecule has 0 unspecified atom stereocenters. The summed E-state index contributed by atoms with van der Waals surface area (Å²) in [5.41, 5.74) is -0.0738. The number of phenolic OH excluding ortho intramolecular Hbond substituents is 1. The van der Waals surface area contributed by atoms with Gasteiger partial charge in [-0.2, -0.15) is 13.2 Å². The van der Waals surface area contributed by atoms with Crippen molar-refractivity contribution in [2.45, 2.75) is 25.1 Å². The average molecular weight is 333 g/mol. The largest absolute Gasteiger partial charge is 0.508 e. The second-order valence-electron chi connectivity index (χ2n) is 5.46. The van der Waals surface area contributed by atoms with Gasteiger partial charge in [-0.1, -0.05) is 0 Å². The van der Waals surface area contributed by atoms with Gasteiger partial charge in [0.25, 0.3) is 5.69 Å². The van der Waals surface area contributed by atoms with E-state index in [0.29, 0.717) is 26.2 Å². The molecule has 1 aromatic carbocycles. The van der Waals surface area contributed by atoms with E-state index in [1.807, 2.05) is 4.90 Å². The van der Waals surface area contributed by atoms with Gasteiger partial charge in [-0.15, -0.1) is 0 Å². The average Bonchev–Trinajstić information content (AvgIpc) is 2.49. The van der Waals surface area contributed by atoms with E-state index in [4.69, 9.17) is 0 Å². The summed E-state index contributed by atoms with van der Waals surface area (Å²) in [6.45, 7) is 2.28. The molecule has 1 aliphatic heterocycles. The van der Waals surface area contributed by atoms with Crippen molar-refractivity contribution < 1.29 is 23.2 Å². The lowest BCUT2D eigenvalue weighted by Crippen LogP contribution is -2.45. The van der Waals surface area contributed by atoms with E-state index in [2.05, 4.69) is 5.32 Å². The van der Waals surface area contributed by atoms with Crippen LogP contribution in [0.2, 0.25) is 0 Å². The van der Waals surface area contributed by atoms with Gasteiger partial charge in [0, 0.05) is 56.3 Å². The SMILES string of the molecule is O=[N+]([O-])c1ccc(O)c([C@H](CCC(F)(F)F)N2CCNCC2)c1. The number of hydrogen-bond acceptors (Lipinski definition) is 5. The first-order valence-corrected chi connectivity index (χ1v) is 7.27. The summed E-state index contributed by atoms with van der Waals surface area (Å²) in [4.78, 5) is 12.1. The Labute approximate surface area is 131 Å². The summed E-state index contributed by atoms with van der Waals surface area (Å²) in [5.74, 6) is -0.221. The van der Waals surface area contributed by atoms with Crippen molar-refractivity contribution in [2.75, 3.05) is 26.2 Å². The molecule has 9 heteroatoms. The molecule has 0 spiro atoms. The summed E-state index contributed by atoms with van der Waals surface area (Å²) >= 11 is 0. The van der Waals surface area contributed by atoms with Gasteiger partial charge in [0.2, 0.25) is 0 Å². The van der Waals surface area contributed by atoms with Gasteiger partial charge in [0.15, 0.2) is 0 Å². The lowest BCUT2D eigenvalue weighted by atomic mass is 9.97. The van der Waals surface area contributed by atoms with E-state index < -0.39 is 23.6 Å². The minimum Gasteiger partial charge on any atom is -0.508 e. The Balaban J connectivity index is 2.31. The molecule has 6 nitrogen and oxygen atoms in total. The quantitative estimate of drug-likeness (QED) is 0.640. The van der Waals surface area contributed by atoms with Gasteiger partial charge in [-0.25, -0.2) is 0 Å². The Kier molecular flexibility index (Phi) is 5.42. The molecule has 1 aliphatic rings. The van der Waals surface area contributed by atoms with Gasteiger partial charge >= 0.3 is 6.18 Å². The minimum atomic E-state index is -4.32. The van der Waals surface area contributed by atoms with Crippen LogP contribution in [-0.2, 0) is 0 Å². The summed E-state index contributed by atoms with van der Waals surface area (Å²) in [6, 6.07) is 2.75. The zero-order valence-electron chi connectivity index (χ0n) is 12.3. The highest BCUT2D eigenvalue weighted by Gasteiger charge is 2.32. The topological polar surface area (TPSA) is 78.6 Å². The van der Waals surface area contributed by atoms with Crippen molar-refractivity contribution in [3.05, 3.63) is 33.9 Å². The molecule has 0 aromatic heterocycles.